The normalized spacial score (nSPS) is 17.3. The fraction of sp³-hybridized carbons (Fsp3) is 0.300. The Kier molecular flexibility index (Phi) is 4.68. The van der Waals surface area contributed by atoms with Gasteiger partial charge in [-0.25, -0.2) is 0 Å². The minimum Gasteiger partial charge on any atom is -0.339 e. The molecule has 0 spiro atoms. The molecule has 138 valence electrons. The first-order chi connectivity index (χ1) is 13.1. The summed E-state index contributed by atoms with van der Waals surface area (Å²) in [5.74, 6) is -1.14. The molecule has 0 N–H and O–H groups in total. The topological polar surface area (TPSA) is 73.8 Å². The third kappa shape index (κ3) is 3.46. The van der Waals surface area contributed by atoms with Crippen LogP contribution in [0.25, 0.3) is 0 Å². The molecule has 0 radical (unpaired) electrons. The Morgan fingerprint density at radius 3 is 2.37 bits per heavy atom. The number of carbonyl (C=O) groups is 3. The molecule has 0 bridgehead atoms. The third-order valence-electron chi connectivity index (χ3n) is 5.00. The Balaban J connectivity index is 1.33. The maximum absolute atomic E-state index is 12.6. The molecule has 1 aromatic heterocycles. The Hall–Kier alpha value is -3.06. The molecule has 3 amide bonds. The number of pyridine rings is 1. The number of aromatic nitrogens is 1. The van der Waals surface area contributed by atoms with E-state index in [1.807, 2.05) is 18.2 Å². The van der Waals surface area contributed by atoms with Gasteiger partial charge < -0.3 is 4.90 Å². The van der Waals surface area contributed by atoms with Crippen LogP contribution in [0.15, 0.2) is 48.7 Å². The van der Waals surface area contributed by atoms with E-state index in [9.17, 15) is 14.4 Å². The van der Waals surface area contributed by atoms with E-state index in [1.54, 1.807) is 17.0 Å². The summed E-state index contributed by atoms with van der Waals surface area (Å²) in [6, 6.07) is 13.4. The van der Waals surface area contributed by atoms with Gasteiger partial charge in [-0.2, -0.15) is 0 Å². The van der Waals surface area contributed by atoms with Crippen molar-refractivity contribution in [2.24, 2.45) is 0 Å². The monoisotopic (exact) mass is 364 g/mol. The lowest BCUT2D eigenvalue weighted by Crippen LogP contribution is -2.51. The molecule has 2 aromatic rings. The van der Waals surface area contributed by atoms with E-state index in [0.29, 0.717) is 13.1 Å². The predicted octanol–water partition coefficient (Wildman–Crippen LogP) is 1.02. The highest BCUT2D eigenvalue weighted by molar-refractivity contribution is 6.21. The van der Waals surface area contributed by atoms with Gasteiger partial charge in [0.15, 0.2) is 0 Å². The van der Waals surface area contributed by atoms with Gasteiger partial charge in [0.25, 0.3) is 11.8 Å². The van der Waals surface area contributed by atoms with Crippen LogP contribution >= 0.6 is 0 Å². The molecule has 0 atom stereocenters. The molecular weight excluding hydrogens is 344 g/mol. The van der Waals surface area contributed by atoms with Crippen molar-refractivity contribution in [3.8, 4) is 0 Å². The van der Waals surface area contributed by atoms with Gasteiger partial charge in [0.05, 0.1) is 5.56 Å². The van der Waals surface area contributed by atoms with E-state index in [2.05, 4.69) is 22.0 Å². The number of amides is 3. The Labute approximate surface area is 157 Å². The maximum Gasteiger partial charge on any atom is 0.280 e. The van der Waals surface area contributed by atoms with Crippen molar-refractivity contribution in [2.45, 2.75) is 6.54 Å². The minimum atomic E-state index is -0.494. The van der Waals surface area contributed by atoms with Crippen LogP contribution in [-0.2, 0) is 11.3 Å². The van der Waals surface area contributed by atoms with E-state index in [4.69, 9.17) is 0 Å². The predicted molar refractivity (Wildman–Crippen MR) is 97.9 cm³/mol. The maximum atomic E-state index is 12.6. The number of benzene rings is 1. The Morgan fingerprint density at radius 2 is 1.67 bits per heavy atom. The molecule has 3 heterocycles. The van der Waals surface area contributed by atoms with E-state index in [-0.39, 0.29) is 23.7 Å². The van der Waals surface area contributed by atoms with Crippen LogP contribution in [0.4, 0.5) is 0 Å². The summed E-state index contributed by atoms with van der Waals surface area (Å²) in [4.78, 5) is 46.3. The molecule has 4 rings (SSSR count). The lowest BCUT2D eigenvalue weighted by Gasteiger charge is -2.35. The molecule has 27 heavy (non-hydrogen) atoms. The zero-order valence-corrected chi connectivity index (χ0v) is 14.9. The molecule has 1 saturated heterocycles. The van der Waals surface area contributed by atoms with Crippen molar-refractivity contribution in [3.63, 3.8) is 0 Å². The SMILES string of the molecule is O=C(CN1C(=O)c2cccnc2C1=O)N1CCN(Cc2ccccc2)CC1. The first-order valence-corrected chi connectivity index (χ1v) is 8.99. The minimum absolute atomic E-state index is 0.128. The van der Waals surface area contributed by atoms with Crippen molar-refractivity contribution >= 4 is 17.7 Å². The summed E-state index contributed by atoms with van der Waals surface area (Å²) in [6.45, 7) is 3.34. The second-order valence-corrected chi connectivity index (χ2v) is 6.74. The van der Waals surface area contributed by atoms with Crippen LogP contribution in [-0.4, -0.2) is 70.1 Å². The second kappa shape index (κ2) is 7.28. The van der Waals surface area contributed by atoms with Crippen LogP contribution in [0.5, 0.6) is 0 Å². The molecule has 2 aliphatic rings. The molecule has 7 nitrogen and oxygen atoms in total. The van der Waals surface area contributed by atoms with Crippen molar-refractivity contribution in [3.05, 3.63) is 65.5 Å². The number of piperazine rings is 1. The van der Waals surface area contributed by atoms with Crippen LogP contribution in [0.3, 0.4) is 0 Å². The summed E-state index contributed by atoms with van der Waals surface area (Å²) in [5.41, 5.74) is 1.64. The average Bonchev–Trinajstić information content (AvgIpc) is 2.94. The lowest BCUT2D eigenvalue weighted by molar-refractivity contribution is -0.133. The zero-order valence-electron chi connectivity index (χ0n) is 14.9. The average molecular weight is 364 g/mol. The molecule has 0 saturated carbocycles. The third-order valence-corrected chi connectivity index (χ3v) is 5.00. The van der Waals surface area contributed by atoms with Gasteiger partial charge in [-0.05, 0) is 17.7 Å². The first kappa shape index (κ1) is 17.4. The Morgan fingerprint density at radius 1 is 0.926 bits per heavy atom. The number of hydrogen-bond donors (Lipinski definition) is 0. The number of imide groups is 1. The van der Waals surface area contributed by atoms with Gasteiger partial charge in [-0.3, -0.25) is 29.2 Å². The van der Waals surface area contributed by atoms with E-state index < -0.39 is 11.8 Å². The van der Waals surface area contributed by atoms with Gasteiger partial charge >= 0.3 is 0 Å². The lowest BCUT2D eigenvalue weighted by atomic mass is 10.2. The second-order valence-electron chi connectivity index (χ2n) is 6.74. The smallest absolute Gasteiger partial charge is 0.280 e. The summed E-state index contributed by atoms with van der Waals surface area (Å²) in [5, 5.41) is 0. The zero-order chi connectivity index (χ0) is 18.8. The Bertz CT molecular complexity index is 841. The number of nitrogens with zero attached hydrogens (tertiary/aromatic N) is 4. The standard InChI is InChI=1S/C20H20N4O3/c25-17(14-24-19(26)16-7-4-8-21-18(16)20(24)27)23-11-9-22(10-12-23)13-15-5-2-1-3-6-15/h1-8H,9-14H2. The molecule has 1 aromatic carbocycles. The van der Waals surface area contributed by atoms with Crippen molar-refractivity contribution < 1.29 is 14.4 Å². The molecule has 2 aliphatic heterocycles. The van der Waals surface area contributed by atoms with E-state index in [1.165, 1.54) is 11.8 Å². The van der Waals surface area contributed by atoms with Gasteiger partial charge in [0.1, 0.15) is 12.2 Å². The number of hydrogen-bond acceptors (Lipinski definition) is 5. The fourth-order valence-electron chi connectivity index (χ4n) is 3.49. The van der Waals surface area contributed by atoms with Crippen molar-refractivity contribution in [1.82, 2.24) is 19.7 Å². The molecule has 7 heteroatoms. The van der Waals surface area contributed by atoms with Crippen LogP contribution in [0.2, 0.25) is 0 Å². The number of fused-ring (bicyclic) bond motifs is 1. The van der Waals surface area contributed by atoms with Gasteiger partial charge in [0, 0.05) is 38.9 Å². The first-order valence-electron chi connectivity index (χ1n) is 8.99. The molecule has 0 unspecified atom stereocenters. The summed E-state index contributed by atoms with van der Waals surface area (Å²) in [6.07, 6.45) is 1.47. The summed E-state index contributed by atoms with van der Waals surface area (Å²) in [7, 11) is 0. The van der Waals surface area contributed by atoms with Crippen molar-refractivity contribution in [2.75, 3.05) is 32.7 Å². The highest BCUT2D eigenvalue weighted by Crippen LogP contribution is 2.20. The van der Waals surface area contributed by atoms with E-state index >= 15 is 0 Å². The number of rotatable bonds is 4. The summed E-state index contributed by atoms with van der Waals surface area (Å²) >= 11 is 0. The molecular formula is C20H20N4O3. The van der Waals surface area contributed by atoms with Gasteiger partial charge in [-0.15, -0.1) is 0 Å². The largest absolute Gasteiger partial charge is 0.339 e. The highest BCUT2D eigenvalue weighted by Gasteiger charge is 2.38. The number of carbonyl (C=O) groups excluding carboxylic acids is 3. The van der Waals surface area contributed by atoms with Crippen LogP contribution < -0.4 is 0 Å². The quantitative estimate of drug-likeness (QED) is 0.758. The highest BCUT2D eigenvalue weighted by atomic mass is 16.2. The van der Waals surface area contributed by atoms with Crippen molar-refractivity contribution in [1.29, 1.82) is 0 Å². The fourth-order valence-corrected chi connectivity index (χ4v) is 3.49. The van der Waals surface area contributed by atoms with Crippen LogP contribution in [0.1, 0.15) is 26.4 Å². The van der Waals surface area contributed by atoms with Gasteiger partial charge in [-0.1, -0.05) is 30.3 Å². The molecule has 0 aliphatic carbocycles. The summed E-state index contributed by atoms with van der Waals surface area (Å²) < 4.78 is 0. The molecule has 1 fully saturated rings. The van der Waals surface area contributed by atoms with Crippen LogP contribution in [0, 0.1) is 0 Å². The van der Waals surface area contributed by atoms with E-state index in [0.717, 1.165) is 24.5 Å². The van der Waals surface area contributed by atoms with Gasteiger partial charge in [0.2, 0.25) is 5.91 Å².